The lowest BCUT2D eigenvalue weighted by Crippen LogP contribution is -2.30. The lowest BCUT2D eigenvalue weighted by molar-refractivity contribution is 0.147. The average Bonchev–Trinajstić information content (AvgIpc) is 2.89. The molecule has 6 nitrogen and oxygen atoms in total. The van der Waals surface area contributed by atoms with Crippen LogP contribution in [-0.2, 0) is 17.8 Å². The van der Waals surface area contributed by atoms with Gasteiger partial charge in [0.1, 0.15) is 6.61 Å². The number of aromatic amines is 1. The fourth-order valence-electron chi connectivity index (χ4n) is 2.16. The second kappa shape index (κ2) is 5.16. The van der Waals surface area contributed by atoms with Crippen LogP contribution in [0.4, 0.5) is 10.5 Å². The number of nitrogens with zero attached hydrogens (tertiary/aromatic N) is 2. The van der Waals surface area contributed by atoms with E-state index in [-0.39, 0.29) is 12.2 Å². The molecule has 1 N–H and O–H groups in total. The van der Waals surface area contributed by atoms with Crippen LogP contribution in [0.2, 0.25) is 0 Å². The fourth-order valence-corrected chi connectivity index (χ4v) is 2.16. The van der Waals surface area contributed by atoms with Crippen molar-refractivity contribution in [2.75, 3.05) is 11.4 Å². The standard InChI is InChI=1S/C14H13N3O3/c18-13-8-12-11(15-16-13)6-7-17(12)14(19)20-9-10-4-2-1-3-5-10/h1-5,8H,6-7,9H2,(H,16,18). The predicted octanol–water partition coefficient (Wildman–Crippen LogP) is 1.47. The van der Waals surface area contributed by atoms with Gasteiger partial charge in [0, 0.05) is 19.0 Å². The molecule has 102 valence electrons. The lowest BCUT2D eigenvalue weighted by Gasteiger charge is -2.16. The molecule has 0 saturated carbocycles. The maximum atomic E-state index is 12.1. The van der Waals surface area contributed by atoms with E-state index < -0.39 is 6.09 Å². The van der Waals surface area contributed by atoms with Crippen molar-refractivity contribution in [3.05, 3.63) is 58.0 Å². The van der Waals surface area contributed by atoms with E-state index in [1.807, 2.05) is 30.3 Å². The second-order valence-corrected chi connectivity index (χ2v) is 4.51. The van der Waals surface area contributed by atoms with Gasteiger partial charge in [-0.1, -0.05) is 30.3 Å². The number of anilines is 1. The molecule has 1 aliphatic heterocycles. The van der Waals surface area contributed by atoms with E-state index in [1.165, 1.54) is 11.0 Å². The zero-order chi connectivity index (χ0) is 13.9. The first-order valence-corrected chi connectivity index (χ1v) is 6.31. The van der Waals surface area contributed by atoms with Crippen LogP contribution in [0.25, 0.3) is 0 Å². The maximum absolute atomic E-state index is 12.1. The summed E-state index contributed by atoms with van der Waals surface area (Å²) in [6.45, 7) is 0.690. The van der Waals surface area contributed by atoms with Gasteiger partial charge in [0.15, 0.2) is 0 Å². The van der Waals surface area contributed by atoms with Crippen LogP contribution in [-0.4, -0.2) is 22.8 Å². The van der Waals surface area contributed by atoms with Crippen LogP contribution in [0.1, 0.15) is 11.3 Å². The fraction of sp³-hybridized carbons (Fsp3) is 0.214. The minimum atomic E-state index is -0.458. The Morgan fingerprint density at radius 1 is 1.35 bits per heavy atom. The number of carbonyl (C=O) groups is 1. The maximum Gasteiger partial charge on any atom is 0.414 e. The van der Waals surface area contributed by atoms with E-state index in [0.717, 1.165) is 5.56 Å². The Morgan fingerprint density at radius 3 is 2.95 bits per heavy atom. The first-order valence-electron chi connectivity index (χ1n) is 6.31. The molecule has 1 aromatic heterocycles. The molecule has 0 bridgehead atoms. The summed E-state index contributed by atoms with van der Waals surface area (Å²) in [5.74, 6) is 0. The largest absolute Gasteiger partial charge is 0.444 e. The lowest BCUT2D eigenvalue weighted by atomic mass is 10.2. The van der Waals surface area contributed by atoms with Gasteiger partial charge in [-0.3, -0.25) is 9.69 Å². The number of ether oxygens (including phenoxy) is 1. The van der Waals surface area contributed by atoms with Gasteiger partial charge in [-0.25, -0.2) is 9.89 Å². The minimum Gasteiger partial charge on any atom is -0.444 e. The number of fused-ring (bicyclic) bond motifs is 1. The highest BCUT2D eigenvalue weighted by molar-refractivity contribution is 5.89. The van der Waals surface area contributed by atoms with Crippen LogP contribution < -0.4 is 10.5 Å². The Kier molecular flexibility index (Phi) is 3.20. The van der Waals surface area contributed by atoms with Crippen molar-refractivity contribution in [3.8, 4) is 0 Å². The molecule has 0 fully saturated rings. The molecule has 2 aromatic rings. The van der Waals surface area contributed by atoms with Crippen molar-refractivity contribution in [2.45, 2.75) is 13.0 Å². The van der Waals surface area contributed by atoms with Crippen LogP contribution in [0.5, 0.6) is 0 Å². The Balaban J connectivity index is 1.71. The molecule has 0 atom stereocenters. The van der Waals surface area contributed by atoms with E-state index in [9.17, 15) is 9.59 Å². The monoisotopic (exact) mass is 271 g/mol. The number of benzene rings is 1. The molecule has 1 aliphatic rings. The molecule has 3 rings (SSSR count). The van der Waals surface area contributed by atoms with E-state index >= 15 is 0 Å². The first-order chi connectivity index (χ1) is 9.74. The molecule has 0 unspecified atom stereocenters. The topological polar surface area (TPSA) is 75.3 Å². The first kappa shape index (κ1) is 12.4. The van der Waals surface area contributed by atoms with Gasteiger partial charge in [-0.05, 0) is 5.56 Å². The molecule has 2 heterocycles. The Hall–Kier alpha value is -2.63. The molecule has 0 spiro atoms. The molecule has 0 radical (unpaired) electrons. The van der Waals surface area contributed by atoms with E-state index in [1.54, 1.807) is 0 Å². The van der Waals surface area contributed by atoms with Crippen molar-refractivity contribution in [3.63, 3.8) is 0 Å². The third-order valence-electron chi connectivity index (χ3n) is 3.15. The highest BCUT2D eigenvalue weighted by atomic mass is 16.6. The second-order valence-electron chi connectivity index (χ2n) is 4.51. The minimum absolute atomic E-state index is 0.210. The summed E-state index contributed by atoms with van der Waals surface area (Å²) in [6.07, 6.45) is 0.159. The SMILES string of the molecule is O=C(OCc1ccccc1)N1CCc2n[nH]c(=O)cc21. The smallest absolute Gasteiger partial charge is 0.414 e. The van der Waals surface area contributed by atoms with Crippen molar-refractivity contribution < 1.29 is 9.53 Å². The van der Waals surface area contributed by atoms with Crippen LogP contribution in [0.15, 0.2) is 41.2 Å². The molecule has 0 saturated heterocycles. The zero-order valence-corrected chi connectivity index (χ0v) is 10.7. The highest BCUT2D eigenvalue weighted by Gasteiger charge is 2.27. The number of hydrogen-bond acceptors (Lipinski definition) is 4. The number of H-pyrrole nitrogens is 1. The molecule has 1 aromatic carbocycles. The van der Waals surface area contributed by atoms with E-state index in [2.05, 4.69) is 10.2 Å². The van der Waals surface area contributed by atoms with Crippen molar-refractivity contribution in [1.29, 1.82) is 0 Å². The number of aromatic nitrogens is 2. The number of carbonyl (C=O) groups excluding carboxylic acids is 1. The molecule has 6 heteroatoms. The summed E-state index contributed by atoms with van der Waals surface area (Å²) in [5.41, 5.74) is 1.84. The van der Waals surface area contributed by atoms with Crippen LogP contribution in [0.3, 0.4) is 0 Å². The molecule has 0 aliphatic carbocycles. The Labute approximate surface area is 115 Å². The molecule has 1 amide bonds. The third-order valence-corrected chi connectivity index (χ3v) is 3.15. The van der Waals surface area contributed by atoms with Gasteiger partial charge in [0.25, 0.3) is 5.56 Å². The molecular formula is C14H13N3O3. The summed E-state index contributed by atoms with van der Waals surface area (Å²) in [5, 5.41) is 6.29. The summed E-state index contributed by atoms with van der Waals surface area (Å²) < 4.78 is 5.26. The van der Waals surface area contributed by atoms with Crippen LogP contribution >= 0.6 is 0 Å². The summed E-state index contributed by atoms with van der Waals surface area (Å²) >= 11 is 0. The zero-order valence-electron chi connectivity index (χ0n) is 10.7. The van der Waals surface area contributed by atoms with Gasteiger partial charge in [0.2, 0.25) is 0 Å². The molecular weight excluding hydrogens is 258 g/mol. The highest BCUT2D eigenvalue weighted by Crippen LogP contribution is 2.24. The predicted molar refractivity (Wildman–Crippen MR) is 72.5 cm³/mol. The van der Waals surface area contributed by atoms with Gasteiger partial charge >= 0.3 is 6.09 Å². The number of hydrogen-bond donors (Lipinski definition) is 1. The van der Waals surface area contributed by atoms with Gasteiger partial charge < -0.3 is 4.74 Å². The van der Waals surface area contributed by atoms with Gasteiger partial charge in [-0.2, -0.15) is 5.10 Å². The number of nitrogens with one attached hydrogen (secondary N) is 1. The van der Waals surface area contributed by atoms with Crippen molar-refractivity contribution >= 4 is 11.8 Å². The number of amides is 1. The van der Waals surface area contributed by atoms with Gasteiger partial charge in [-0.15, -0.1) is 0 Å². The Morgan fingerprint density at radius 2 is 2.15 bits per heavy atom. The normalized spacial score (nSPS) is 13.1. The van der Waals surface area contributed by atoms with Gasteiger partial charge in [0.05, 0.1) is 11.4 Å². The van der Waals surface area contributed by atoms with Crippen molar-refractivity contribution in [1.82, 2.24) is 10.2 Å². The quantitative estimate of drug-likeness (QED) is 0.897. The third kappa shape index (κ3) is 2.40. The molecule has 20 heavy (non-hydrogen) atoms. The summed E-state index contributed by atoms with van der Waals surface area (Å²) in [4.78, 5) is 24.8. The summed E-state index contributed by atoms with van der Waals surface area (Å²) in [7, 11) is 0. The van der Waals surface area contributed by atoms with E-state index in [0.29, 0.717) is 24.3 Å². The van der Waals surface area contributed by atoms with Crippen LogP contribution in [0, 0.1) is 0 Å². The Bertz CT molecular complexity index is 682. The summed E-state index contributed by atoms with van der Waals surface area (Å²) in [6, 6.07) is 10.8. The van der Waals surface area contributed by atoms with E-state index in [4.69, 9.17) is 4.74 Å². The number of rotatable bonds is 2. The average molecular weight is 271 g/mol. The van der Waals surface area contributed by atoms with Crippen molar-refractivity contribution in [2.24, 2.45) is 0 Å².